The number of nitrogens with zero attached hydrogens (tertiary/aromatic N) is 1. The average molecular weight is 283 g/mol. The number of aliphatic hydroxyl groups is 1. The lowest BCUT2D eigenvalue weighted by molar-refractivity contribution is 0.0243. The zero-order chi connectivity index (χ0) is 15.3. The van der Waals surface area contributed by atoms with Crippen LogP contribution in [0.4, 0.5) is 0 Å². The van der Waals surface area contributed by atoms with Crippen LogP contribution in [-0.4, -0.2) is 47.1 Å². The van der Waals surface area contributed by atoms with Gasteiger partial charge in [-0.2, -0.15) is 5.10 Å². The Balaban J connectivity index is 2.78. The predicted octanol–water partition coefficient (Wildman–Crippen LogP) is -0.0960. The summed E-state index contributed by atoms with van der Waals surface area (Å²) in [6.07, 6.45) is 0.383. The minimum atomic E-state index is -1.09. The number of aromatic nitrogens is 2. The maximum absolute atomic E-state index is 12.1. The van der Waals surface area contributed by atoms with Crippen molar-refractivity contribution in [1.29, 1.82) is 0 Å². The molecule has 1 atom stereocenters. The summed E-state index contributed by atoms with van der Waals surface area (Å²) in [6.45, 7) is 5.39. The van der Waals surface area contributed by atoms with Gasteiger partial charge in [0, 0.05) is 26.7 Å². The van der Waals surface area contributed by atoms with Gasteiger partial charge >= 0.3 is 0 Å². The van der Waals surface area contributed by atoms with Gasteiger partial charge in [-0.1, -0.05) is 0 Å². The lowest BCUT2D eigenvalue weighted by Crippen LogP contribution is -2.43. The van der Waals surface area contributed by atoms with Crippen molar-refractivity contribution in [1.82, 2.24) is 15.5 Å². The molecular formula is C13H21N3O4. The third-order valence-electron chi connectivity index (χ3n) is 3.17. The number of carbonyl (C=O) groups is 1. The summed E-state index contributed by atoms with van der Waals surface area (Å²) in [7, 11) is 1.54. The molecule has 20 heavy (non-hydrogen) atoms. The van der Waals surface area contributed by atoms with Crippen LogP contribution < -0.4 is 10.9 Å². The Kier molecular flexibility index (Phi) is 5.41. The summed E-state index contributed by atoms with van der Waals surface area (Å²) in [5, 5.41) is 18.7. The molecule has 0 saturated carbocycles. The molecule has 0 aromatic carbocycles. The number of rotatable bonds is 6. The first-order chi connectivity index (χ1) is 9.28. The van der Waals surface area contributed by atoms with E-state index < -0.39 is 17.1 Å². The summed E-state index contributed by atoms with van der Waals surface area (Å²) in [5.74, 6) is -0.521. The molecule has 0 bridgehead atoms. The van der Waals surface area contributed by atoms with Gasteiger partial charge in [0.05, 0.1) is 11.3 Å². The molecule has 1 heterocycles. The van der Waals surface area contributed by atoms with Crippen LogP contribution in [0.5, 0.6) is 0 Å². The first-order valence-electron chi connectivity index (χ1n) is 6.34. The van der Waals surface area contributed by atoms with Crippen molar-refractivity contribution < 1.29 is 14.6 Å². The highest BCUT2D eigenvalue weighted by Crippen LogP contribution is 2.09. The van der Waals surface area contributed by atoms with Crippen molar-refractivity contribution >= 4 is 5.91 Å². The Morgan fingerprint density at radius 3 is 2.75 bits per heavy atom. The Labute approximate surface area is 117 Å². The standard InChI is InChI=1S/C13H21N3O4/c1-8-9(2)15-16-12(18)10(8)11(17)14-7-13(3,19)5-6-20-4/h19H,5-7H2,1-4H3,(H,14,17)(H,16,18). The van der Waals surface area contributed by atoms with E-state index in [1.54, 1.807) is 20.8 Å². The Morgan fingerprint density at radius 2 is 2.15 bits per heavy atom. The normalized spacial score (nSPS) is 13.8. The van der Waals surface area contributed by atoms with Crippen LogP contribution in [0.15, 0.2) is 4.79 Å². The molecule has 1 aromatic heterocycles. The zero-order valence-corrected chi connectivity index (χ0v) is 12.2. The second-order valence-corrected chi connectivity index (χ2v) is 5.06. The van der Waals surface area contributed by atoms with Crippen LogP contribution in [0.2, 0.25) is 0 Å². The monoisotopic (exact) mass is 283 g/mol. The number of aryl methyl sites for hydroxylation is 1. The molecular weight excluding hydrogens is 262 g/mol. The summed E-state index contributed by atoms with van der Waals surface area (Å²) < 4.78 is 4.89. The highest BCUT2D eigenvalue weighted by Gasteiger charge is 2.23. The Hall–Kier alpha value is -1.73. The molecule has 112 valence electrons. The summed E-state index contributed by atoms with van der Waals surface area (Å²) in [4.78, 5) is 23.7. The second-order valence-electron chi connectivity index (χ2n) is 5.06. The topological polar surface area (TPSA) is 104 Å². The van der Waals surface area contributed by atoms with Crippen molar-refractivity contribution in [3.05, 3.63) is 27.2 Å². The molecule has 0 saturated heterocycles. The third-order valence-corrected chi connectivity index (χ3v) is 3.17. The number of nitrogens with one attached hydrogen (secondary N) is 2. The number of hydrogen-bond acceptors (Lipinski definition) is 5. The number of H-pyrrole nitrogens is 1. The van der Waals surface area contributed by atoms with Crippen molar-refractivity contribution in [2.75, 3.05) is 20.3 Å². The quantitative estimate of drug-likeness (QED) is 0.676. The molecule has 0 aliphatic carbocycles. The van der Waals surface area contributed by atoms with Crippen LogP contribution in [0.25, 0.3) is 0 Å². The van der Waals surface area contributed by atoms with Crippen molar-refractivity contribution in [2.24, 2.45) is 0 Å². The molecule has 0 radical (unpaired) electrons. The number of ether oxygens (including phenoxy) is 1. The van der Waals surface area contributed by atoms with Crippen LogP contribution in [0, 0.1) is 13.8 Å². The maximum atomic E-state index is 12.1. The first kappa shape index (κ1) is 16.3. The first-order valence-corrected chi connectivity index (χ1v) is 6.34. The highest BCUT2D eigenvalue weighted by molar-refractivity contribution is 5.95. The van der Waals surface area contributed by atoms with Gasteiger partial charge in [-0.05, 0) is 26.3 Å². The smallest absolute Gasteiger partial charge is 0.277 e. The SMILES string of the molecule is COCCC(C)(O)CNC(=O)c1c(C)c(C)n[nH]c1=O. The zero-order valence-electron chi connectivity index (χ0n) is 12.2. The summed E-state index contributed by atoms with van der Waals surface area (Å²) in [5.41, 5.74) is -0.486. The molecule has 7 heteroatoms. The van der Waals surface area contributed by atoms with Gasteiger partial charge in [-0.15, -0.1) is 0 Å². The van der Waals surface area contributed by atoms with E-state index >= 15 is 0 Å². The molecule has 0 fully saturated rings. The molecule has 3 N–H and O–H groups in total. The molecule has 0 aliphatic rings. The lowest BCUT2D eigenvalue weighted by atomic mass is 10.0. The van der Waals surface area contributed by atoms with Gasteiger partial charge in [-0.25, -0.2) is 5.10 Å². The fraction of sp³-hybridized carbons (Fsp3) is 0.615. The number of aromatic amines is 1. The van der Waals surface area contributed by atoms with Gasteiger partial charge in [0.15, 0.2) is 0 Å². The Bertz CT molecular complexity index is 537. The summed E-state index contributed by atoms with van der Waals surface area (Å²) in [6, 6.07) is 0. The maximum Gasteiger partial charge on any atom is 0.277 e. The van der Waals surface area contributed by atoms with Crippen molar-refractivity contribution in [3.8, 4) is 0 Å². The van der Waals surface area contributed by atoms with Crippen LogP contribution in [-0.2, 0) is 4.74 Å². The van der Waals surface area contributed by atoms with Gasteiger partial charge in [-0.3, -0.25) is 9.59 Å². The molecule has 1 rings (SSSR count). The third kappa shape index (κ3) is 4.14. The second kappa shape index (κ2) is 6.62. The minimum absolute atomic E-state index is 0.0278. The molecule has 0 spiro atoms. The number of amides is 1. The highest BCUT2D eigenvalue weighted by atomic mass is 16.5. The van der Waals surface area contributed by atoms with Crippen LogP contribution in [0.1, 0.15) is 35.0 Å². The predicted molar refractivity (Wildman–Crippen MR) is 73.8 cm³/mol. The van der Waals surface area contributed by atoms with E-state index in [-0.39, 0.29) is 12.1 Å². The fourth-order valence-corrected chi connectivity index (χ4v) is 1.67. The number of hydrogen-bond donors (Lipinski definition) is 3. The molecule has 1 amide bonds. The van der Waals surface area contributed by atoms with Crippen LogP contribution in [0.3, 0.4) is 0 Å². The molecule has 1 aromatic rings. The summed E-state index contributed by atoms with van der Waals surface area (Å²) >= 11 is 0. The molecule has 7 nitrogen and oxygen atoms in total. The van der Waals surface area contributed by atoms with Crippen molar-refractivity contribution in [3.63, 3.8) is 0 Å². The van der Waals surface area contributed by atoms with Gasteiger partial charge in [0.2, 0.25) is 0 Å². The van der Waals surface area contributed by atoms with Crippen molar-refractivity contribution in [2.45, 2.75) is 32.8 Å². The van der Waals surface area contributed by atoms with Crippen LogP contribution >= 0.6 is 0 Å². The number of carbonyl (C=O) groups excluding carboxylic acids is 1. The van der Waals surface area contributed by atoms with Gasteiger partial charge in [0.25, 0.3) is 11.5 Å². The van der Waals surface area contributed by atoms with E-state index in [4.69, 9.17) is 4.74 Å². The fourth-order valence-electron chi connectivity index (χ4n) is 1.67. The average Bonchev–Trinajstić information content (AvgIpc) is 2.39. The van der Waals surface area contributed by atoms with E-state index in [0.717, 1.165) is 0 Å². The van der Waals surface area contributed by atoms with E-state index in [1.807, 2.05) is 0 Å². The number of methoxy groups -OCH3 is 1. The van der Waals surface area contributed by atoms with Gasteiger partial charge in [0.1, 0.15) is 5.56 Å². The van der Waals surface area contributed by atoms with E-state index in [1.165, 1.54) is 7.11 Å². The van der Waals surface area contributed by atoms with Gasteiger partial charge < -0.3 is 15.2 Å². The molecule has 0 aliphatic heterocycles. The van der Waals surface area contributed by atoms with E-state index in [2.05, 4.69) is 15.5 Å². The Morgan fingerprint density at radius 1 is 1.50 bits per heavy atom. The largest absolute Gasteiger partial charge is 0.388 e. The minimum Gasteiger partial charge on any atom is -0.388 e. The molecule has 1 unspecified atom stereocenters. The van der Waals surface area contributed by atoms with E-state index in [0.29, 0.717) is 24.3 Å². The van der Waals surface area contributed by atoms with E-state index in [9.17, 15) is 14.7 Å². The lowest BCUT2D eigenvalue weighted by Gasteiger charge is -2.23.